The van der Waals surface area contributed by atoms with Crippen molar-refractivity contribution >= 4 is 22.6 Å². The Morgan fingerprint density at radius 2 is 1.89 bits per heavy atom. The molecule has 4 N–H and O–H groups in total. The van der Waals surface area contributed by atoms with Crippen LogP contribution in [0.2, 0.25) is 0 Å². The summed E-state index contributed by atoms with van der Waals surface area (Å²) < 4.78 is 0. The van der Waals surface area contributed by atoms with Gasteiger partial charge in [-0.1, -0.05) is 55.8 Å². The summed E-state index contributed by atoms with van der Waals surface area (Å²) in [6.07, 6.45) is 7.51. The van der Waals surface area contributed by atoms with E-state index in [0.29, 0.717) is 12.8 Å². The Balaban J connectivity index is 1.60. The molecular weight excluding hydrogens is 440 g/mol. The van der Waals surface area contributed by atoms with Crippen molar-refractivity contribution in [2.45, 2.75) is 64.7 Å². The van der Waals surface area contributed by atoms with E-state index in [2.05, 4.69) is 36.3 Å². The fraction of sp³-hybridized carbons (Fsp3) is 0.517. The molecule has 1 aliphatic heterocycles. The first-order valence-corrected chi connectivity index (χ1v) is 12.8. The van der Waals surface area contributed by atoms with Gasteiger partial charge < -0.3 is 20.5 Å². The number of hydrogen-bond donors (Lipinski definition) is 4. The summed E-state index contributed by atoms with van der Waals surface area (Å²) >= 11 is 0. The van der Waals surface area contributed by atoms with E-state index in [1.54, 1.807) is 0 Å². The Kier molecular flexibility index (Phi) is 6.22. The molecule has 2 aliphatic carbocycles. The number of amides is 1. The highest BCUT2D eigenvalue weighted by Crippen LogP contribution is 2.55. The van der Waals surface area contributed by atoms with Crippen molar-refractivity contribution in [1.29, 1.82) is 0 Å². The maximum absolute atomic E-state index is 14.0. The number of allylic oxidation sites excluding steroid dienone is 4. The van der Waals surface area contributed by atoms with E-state index in [0.717, 1.165) is 22.9 Å². The van der Waals surface area contributed by atoms with Gasteiger partial charge in [-0.15, -0.1) is 0 Å². The maximum Gasteiger partial charge on any atom is 0.235 e. The Bertz CT molecular complexity index is 1200. The number of aromatic nitrogens is 1. The van der Waals surface area contributed by atoms with Crippen molar-refractivity contribution in [3.63, 3.8) is 0 Å². The van der Waals surface area contributed by atoms with Crippen molar-refractivity contribution in [2.24, 2.45) is 29.1 Å². The highest BCUT2D eigenvalue weighted by molar-refractivity contribution is 6.09. The molecule has 5 rings (SSSR count). The largest absolute Gasteiger partial charge is 0.390 e. The number of ketones is 1. The third-order valence-electron chi connectivity index (χ3n) is 8.82. The summed E-state index contributed by atoms with van der Waals surface area (Å²) in [5, 5.41) is 25.6. The van der Waals surface area contributed by atoms with E-state index in [-0.39, 0.29) is 47.8 Å². The monoisotopic (exact) mass is 476 g/mol. The topological polar surface area (TPSA) is 102 Å². The lowest BCUT2D eigenvalue weighted by Gasteiger charge is -2.45. The molecule has 6 heteroatoms. The summed E-state index contributed by atoms with van der Waals surface area (Å²) in [5.74, 6) is -0.971. The highest BCUT2D eigenvalue weighted by Gasteiger charge is 2.65. The Labute approximate surface area is 206 Å². The number of carbonyl (C=O) groups excluding carboxylic acids is 2. The predicted octanol–water partition coefficient (Wildman–Crippen LogP) is 3.69. The number of rotatable bonds is 2. The molecule has 8 unspecified atom stereocenters. The molecule has 1 amide bonds. The summed E-state index contributed by atoms with van der Waals surface area (Å²) in [6, 6.07) is 7.89. The number of H-pyrrole nitrogens is 1. The molecule has 186 valence electrons. The van der Waals surface area contributed by atoms with Gasteiger partial charge in [0.1, 0.15) is 5.41 Å². The molecule has 1 aromatic carbocycles. The zero-order chi connectivity index (χ0) is 24.9. The van der Waals surface area contributed by atoms with E-state index in [1.807, 2.05) is 43.5 Å². The molecule has 1 spiro atoms. The van der Waals surface area contributed by atoms with Crippen LogP contribution in [0.25, 0.3) is 10.9 Å². The number of aromatic amines is 1. The van der Waals surface area contributed by atoms with E-state index in [9.17, 15) is 19.8 Å². The van der Waals surface area contributed by atoms with Crippen LogP contribution in [-0.4, -0.2) is 45.1 Å². The quantitative estimate of drug-likeness (QED) is 0.392. The number of carbonyl (C=O) groups is 2. The second-order valence-electron chi connectivity index (χ2n) is 11.0. The third-order valence-corrected chi connectivity index (χ3v) is 8.82. The van der Waals surface area contributed by atoms with Crippen molar-refractivity contribution < 1.29 is 19.8 Å². The molecule has 3 aliphatic rings. The number of aliphatic hydroxyl groups is 2. The minimum atomic E-state index is -1.29. The van der Waals surface area contributed by atoms with Crippen molar-refractivity contribution in [1.82, 2.24) is 10.3 Å². The molecule has 8 atom stereocenters. The second kappa shape index (κ2) is 9.07. The van der Waals surface area contributed by atoms with Crippen molar-refractivity contribution in [3.05, 3.63) is 59.8 Å². The lowest BCUT2D eigenvalue weighted by atomic mass is 9.54. The van der Waals surface area contributed by atoms with Gasteiger partial charge in [0.05, 0.1) is 12.2 Å². The number of nitrogens with one attached hydrogen (secondary N) is 2. The first-order valence-electron chi connectivity index (χ1n) is 12.8. The Morgan fingerprint density at radius 1 is 1.11 bits per heavy atom. The summed E-state index contributed by atoms with van der Waals surface area (Å²) in [4.78, 5) is 31.2. The molecule has 6 nitrogen and oxygen atoms in total. The van der Waals surface area contributed by atoms with Crippen LogP contribution >= 0.6 is 0 Å². The number of hydrogen-bond acceptors (Lipinski definition) is 4. The number of aliphatic hydroxyl groups excluding tert-OH is 2. The van der Waals surface area contributed by atoms with E-state index in [4.69, 9.17) is 0 Å². The second-order valence-corrected chi connectivity index (χ2v) is 11.0. The van der Waals surface area contributed by atoms with Gasteiger partial charge in [-0.25, -0.2) is 0 Å². The summed E-state index contributed by atoms with van der Waals surface area (Å²) in [5.41, 5.74) is 2.05. The number of benzene rings is 1. The molecule has 0 saturated carbocycles. The van der Waals surface area contributed by atoms with Crippen LogP contribution in [0, 0.1) is 29.1 Å². The van der Waals surface area contributed by atoms with Crippen LogP contribution in [0.3, 0.4) is 0 Å². The van der Waals surface area contributed by atoms with Gasteiger partial charge in [-0.3, -0.25) is 9.59 Å². The van der Waals surface area contributed by atoms with Crippen molar-refractivity contribution in [2.75, 3.05) is 0 Å². The minimum Gasteiger partial charge on any atom is -0.390 e. The molecule has 1 saturated heterocycles. The van der Waals surface area contributed by atoms with Gasteiger partial charge in [-0.05, 0) is 49.7 Å². The van der Waals surface area contributed by atoms with Crippen LogP contribution in [0.1, 0.15) is 45.6 Å². The predicted molar refractivity (Wildman–Crippen MR) is 135 cm³/mol. The number of para-hydroxylation sites is 1. The molecule has 0 radical (unpaired) electrons. The van der Waals surface area contributed by atoms with Gasteiger partial charge in [0.2, 0.25) is 5.91 Å². The van der Waals surface area contributed by atoms with Gasteiger partial charge in [-0.2, -0.15) is 0 Å². The minimum absolute atomic E-state index is 0.0175. The first-order chi connectivity index (χ1) is 16.7. The average molecular weight is 477 g/mol. The van der Waals surface area contributed by atoms with Gasteiger partial charge >= 0.3 is 0 Å². The molecule has 2 aromatic rings. The van der Waals surface area contributed by atoms with Crippen LogP contribution in [0.15, 0.2) is 54.3 Å². The highest BCUT2D eigenvalue weighted by atomic mass is 16.3. The maximum atomic E-state index is 14.0. The normalized spacial score (nSPS) is 37.9. The van der Waals surface area contributed by atoms with Crippen LogP contribution in [-0.2, 0) is 16.0 Å². The van der Waals surface area contributed by atoms with E-state index in [1.165, 1.54) is 5.57 Å². The fourth-order valence-electron chi connectivity index (χ4n) is 6.85. The summed E-state index contributed by atoms with van der Waals surface area (Å²) in [7, 11) is 0. The first kappa shape index (κ1) is 24.0. The SMILES string of the molecule is CC1=CC2C=CCC(C)CC(O)C(O)CC(=O)C23C(=O)NC(Cc2c[nH]c4ccccc24)C3C1C. The van der Waals surface area contributed by atoms with Gasteiger partial charge in [0, 0.05) is 41.4 Å². The molecule has 1 fully saturated rings. The summed E-state index contributed by atoms with van der Waals surface area (Å²) in [6.45, 7) is 6.22. The van der Waals surface area contributed by atoms with Gasteiger partial charge in [0.25, 0.3) is 0 Å². The standard InChI is InChI=1S/C29H36N2O4/c1-16-7-6-8-20-12-17(2)18(3)27-23(13-19-15-30-22-10-5-4-9-21(19)22)31-28(35)29(20,27)26(34)14-25(33)24(32)11-16/h4-6,8-10,12,15-16,18,20,23-25,27,30,32-33H,7,11,13-14H2,1-3H3,(H,31,35). The van der Waals surface area contributed by atoms with Crippen molar-refractivity contribution in [3.8, 4) is 0 Å². The molecule has 1 aromatic heterocycles. The zero-order valence-electron chi connectivity index (χ0n) is 20.7. The molecule has 2 heterocycles. The average Bonchev–Trinajstić information content (AvgIpc) is 3.35. The lowest BCUT2D eigenvalue weighted by Crippen LogP contribution is -2.53. The Morgan fingerprint density at radius 3 is 2.69 bits per heavy atom. The smallest absolute Gasteiger partial charge is 0.235 e. The number of Topliss-reactive ketones (excluding diaryl/α,β-unsaturated/α-hetero) is 1. The molecular formula is C29H36N2O4. The van der Waals surface area contributed by atoms with Crippen LogP contribution in [0.4, 0.5) is 0 Å². The van der Waals surface area contributed by atoms with Gasteiger partial charge in [0.15, 0.2) is 5.78 Å². The van der Waals surface area contributed by atoms with Crippen LogP contribution < -0.4 is 5.32 Å². The lowest BCUT2D eigenvalue weighted by molar-refractivity contribution is -0.147. The third kappa shape index (κ3) is 3.87. The molecule has 0 bridgehead atoms. The van der Waals surface area contributed by atoms with E-state index >= 15 is 0 Å². The van der Waals surface area contributed by atoms with E-state index < -0.39 is 17.6 Å². The Hall–Kier alpha value is -2.70. The fourth-order valence-corrected chi connectivity index (χ4v) is 6.85. The zero-order valence-corrected chi connectivity index (χ0v) is 20.7. The number of fused-ring (bicyclic) bond motifs is 1. The van der Waals surface area contributed by atoms with Crippen LogP contribution in [0.5, 0.6) is 0 Å². The molecule has 35 heavy (non-hydrogen) atoms.